The van der Waals surface area contributed by atoms with Gasteiger partial charge in [-0.3, -0.25) is 4.90 Å². The van der Waals surface area contributed by atoms with Crippen LogP contribution in [0.5, 0.6) is 0 Å². The lowest BCUT2D eigenvalue weighted by Gasteiger charge is -2.24. The minimum Gasteiger partial charge on any atom is -0.300 e. The molecule has 1 heterocycles. The molecule has 0 aromatic carbocycles. The molecule has 1 nitrogen and oxygen atoms in total. The lowest BCUT2D eigenvalue weighted by molar-refractivity contribution is 0.251. The van der Waals surface area contributed by atoms with E-state index in [0.717, 1.165) is 13.0 Å². The third kappa shape index (κ3) is 15.9. The van der Waals surface area contributed by atoms with Crippen LogP contribution in [0.2, 0.25) is 0 Å². The molecule has 0 aromatic heterocycles. The second-order valence-corrected chi connectivity index (χ2v) is 3.35. The Balaban J connectivity index is -0.0000000921. The van der Waals surface area contributed by atoms with Crippen molar-refractivity contribution in [2.45, 2.75) is 54.9 Å². The first kappa shape index (κ1) is 24.6. The Morgan fingerprint density at radius 1 is 0.938 bits per heavy atom. The van der Waals surface area contributed by atoms with Gasteiger partial charge in [0.2, 0.25) is 0 Å². The lowest BCUT2D eigenvalue weighted by Crippen LogP contribution is -2.29. The quantitative estimate of drug-likeness (QED) is 0.605. The average molecular weight is 229 g/mol. The number of rotatable bonds is 3. The van der Waals surface area contributed by atoms with Gasteiger partial charge in [-0.15, -0.1) is 13.2 Å². The van der Waals surface area contributed by atoms with E-state index < -0.39 is 0 Å². The molecule has 0 spiro atoms. The van der Waals surface area contributed by atoms with Crippen LogP contribution in [0.15, 0.2) is 25.3 Å². The van der Waals surface area contributed by atoms with E-state index in [-0.39, 0.29) is 22.3 Å². The van der Waals surface area contributed by atoms with Gasteiger partial charge in [-0.2, -0.15) is 0 Å². The molecule has 100 valence electrons. The third-order valence-corrected chi connectivity index (χ3v) is 2.12. The van der Waals surface area contributed by atoms with Gasteiger partial charge in [-0.1, -0.05) is 47.8 Å². The Labute approximate surface area is 105 Å². The highest BCUT2D eigenvalue weighted by atomic mass is 15.1. The van der Waals surface area contributed by atoms with Gasteiger partial charge < -0.3 is 0 Å². The summed E-state index contributed by atoms with van der Waals surface area (Å²) < 4.78 is 0. The van der Waals surface area contributed by atoms with Crippen LogP contribution in [0.4, 0.5) is 0 Å². The zero-order valence-corrected chi connectivity index (χ0v) is 8.97. The van der Waals surface area contributed by atoms with E-state index in [1.807, 2.05) is 12.2 Å². The zero-order chi connectivity index (χ0) is 9.94. The highest BCUT2D eigenvalue weighted by Crippen LogP contribution is 2.07. The molecule has 0 bridgehead atoms. The van der Waals surface area contributed by atoms with E-state index >= 15 is 0 Å². The highest BCUT2D eigenvalue weighted by molar-refractivity contribution is 4.75. The van der Waals surface area contributed by atoms with Crippen LogP contribution in [0.25, 0.3) is 0 Å². The maximum atomic E-state index is 3.71. The Bertz CT molecular complexity index is 123. The summed E-state index contributed by atoms with van der Waals surface area (Å²) in [6.07, 6.45) is 9.14. The van der Waals surface area contributed by atoms with Crippen molar-refractivity contribution in [1.82, 2.24) is 4.90 Å². The van der Waals surface area contributed by atoms with Crippen LogP contribution >= 0.6 is 0 Å². The fourth-order valence-electron chi connectivity index (χ4n) is 1.32. The van der Waals surface area contributed by atoms with Crippen LogP contribution in [-0.4, -0.2) is 24.5 Å². The van der Waals surface area contributed by atoms with Crippen molar-refractivity contribution in [2.75, 3.05) is 19.6 Å². The van der Waals surface area contributed by atoms with Crippen LogP contribution < -0.4 is 0 Å². The molecule has 1 saturated heterocycles. The van der Waals surface area contributed by atoms with Crippen molar-refractivity contribution in [2.24, 2.45) is 0 Å². The largest absolute Gasteiger partial charge is 0.300 e. The molecule has 0 radical (unpaired) electrons. The molecular formula is C15H35N. The predicted molar refractivity (Wildman–Crippen MR) is 81.2 cm³/mol. The summed E-state index contributed by atoms with van der Waals surface area (Å²) in [4.78, 5) is 2.45. The number of likely N-dealkylation sites (tertiary alicyclic amines) is 1. The highest BCUT2D eigenvalue weighted by Gasteiger charge is 2.06. The van der Waals surface area contributed by atoms with E-state index in [4.69, 9.17) is 0 Å². The summed E-state index contributed by atoms with van der Waals surface area (Å²) in [6, 6.07) is 0. The SMILES string of the molecule is C.C.C.C=CCC.C=CCN1CCCCC1. The summed E-state index contributed by atoms with van der Waals surface area (Å²) in [5.41, 5.74) is 0. The minimum absolute atomic E-state index is 0. The second-order valence-electron chi connectivity index (χ2n) is 3.35. The van der Waals surface area contributed by atoms with E-state index in [1.165, 1.54) is 32.4 Å². The summed E-state index contributed by atoms with van der Waals surface area (Å²) in [6.45, 7) is 12.9. The first-order valence-electron chi connectivity index (χ1n) is 5.29. The minimum atomic E-state index is 0. The summed E-state index contributed by atoms with van der Waals surface area (Å²) >= 11 is 0. The van der Waals surface area contributed by atoms with Gasteiger partial charge in [0.15, 0.2) is 0 Å². The van der Waals surface area contributed by atoms with Crippen molar-refractivity contribution in [3.8, 4) is 0 Å². The number of hydrogen-bond donors (Lipinski definition) is 0. The molecule has 1 aliphatic heterocycles. The van der Waals surface area contributed by atoms with Crippen molar-refractivity contribution >= 4 is 0 Å². The van der Waals surface area contributed by atoms with Crippen molar-refractivity contribution in [3.05, 3.63) is 25.3 Å². The van der Waals surface area contributed by atoms with Crippen molar-refractivity contribution < 1.29 is 0 Å². The second kappa shape index (κ2) is 19.9. The number of hydrogen-bond acceptors (Lipinski definition) is 1. The molecule has 1 aliphatic rings. The topological polar surface area (TPSA) is 3.24 Å². The number of piperidine rings is 1. The van der Waals surface area contributed by atoms with Crippen LogP contribution in [-0.2, 0) is 0 Å². The standard InChI is InChI=1S/C8H15N.C4H8.3CH4/c1-2-6-9-7-4-3-5-8-9;1-3-4-2;;;/h2H,1,3-8H2;3H,1,4H2,2H3;3*1H4. The van der Waals surface area contributed by atoms with Crippen LogP contribution in [0.3, 0.4) is 0 Å². The van der Waals surface area contributed by atoms with Gasteiger partial charge in [0.25, 0.3) is 0 Å². The van der Waals surface area contributed by atoms with E-state index in [2.05, 4.69) is 25.0 Å². The number of allylic oxidation sites excluding steroid dienone is 1. The predicted octanol–water partition coefficient (Wildman–Crippen LogP) is 5.15. The molecule has 1 heteroatoms. The van der Waals surface area contributed by atoms with Crippen molar-refractivity contribution in [3.63, 3.8) is 0 Å². The summed E-state index contributed by atoms with van der Waals surface area (Å²) in [5, 5.41) is 0. The fourth-order valence-corrected chi connectivity index (χ4v) is 1.32. The molecule has 1 rings (SSSR count). The maximum Gasteiger partial charge on any atom is 0.0160 e. The summed E-state index contributed by atoms with van der Waals surface area (Å²) in [7, 11) is 0. The zero-order valence-electron chi connectivity index (χ0n) is 8.97. The van der Waals surface area contributed by atoms with Crippen LogP contribution in [0.1, 0.15) is 54.9 Å². The lowest BCUT2D eigenvalue weighted by atomic mass is 10.1. The summed E-state index contributed by atoms with van der Waals surface area (Å²) in [5.74, 6) is 0. The van der Waals surface area contributed by atoms with E-state index in [9.17, 15) is 0 Å². The molecule has 0 N–H and O–H groups in total. The van der Waals surface area contributed by atoms with E-state index in [0.29, 0.717) is 0 Å². The smallest absolute Gasteiger partial charge is 0.0160 e. The molecule has 0 aromatic rings. The maximum absolute atomic E-state index is 3.71. The van der Waals surface area contributed by atoms with Gasteiger partial charge in [0, 0.05) is 6.54 Å². The van der Waals surface area contributed by atoms with Gasteiger partial charge in [0.1, 0.15) is 0 Å². The van der Waals surface area contributed by atoms with Gasteiger partial charge in [-0.25, -0.2) is 0 Å². The Morgan fingerprint density at radius 2 is 1.38 bits per heavy atom. The molecule has 0 unspecified atom stereocenters. The third-order valence-electron chi connectivity index (χ3n) is 2.12. The first-order valence-corrected chi connectivity index (χ1v) is 5.29. The molecule has 0 saturated carbocycles. The molecule has 0 atom stereocenters. The molecule has 0 aliphatic carbocycles. The average Bonchev–Trinajstić information content (AvgIpc) is 2.20. The van der Waals surface area contributed by atoms with Gasteiger partial charge >= 0.3 is 0 Å². The Hall–Kier alpha value is -0.560. The first-order chi connectivity index (χ1) is 6.35. The Morgan fingerprint density at radius 3 is 1.69 bits per heavy atom. The van der Waals surface area contributed by atoms with Gasteiger partial charge in [-0.05, 0) is 32.4 Å². The van der Waals surface area contributed by atoms with Crippen molar-refractivity contribution in [1.29, 1.82) is 0 Å². The monoisotopic (exact) mass is 229 g/mol. The molecule has 0 amide bonds. The molecule has 16 heavy (non-hydrogen) atoms. The van der Waals surface area contributed by atoms with E-state index in [1.54, 1.807) is 0 Å². The molecular weight excluding hydrogens is 194 g/mol. The number of nitrogens with zero attached hydrogens (tertiary/aromatic N) is 1. The van der Waals surface area contributed by atoms with Gasteiger partial charge in [0.05, 0.1) is 0 Å². The van der Waals surface area contributed by atoms with Crippen LogP contribution in [0, 0.1) is 0 Å². The normalized spacial score (nSPS) is 13.8. The molecule has 1 fully saturated rings. The fraction of sp³-hybridized carbons (Fsp3) is 0.733. The Kier molecular flexibility index (Phi) is 30.6.